The van der Waals surface area contributed by atoms with E-state index in [2.05, 4.69) is 23.8 Å². The highest BCUT2D eigenvalue weighted by Crippen LogP contribution is 2.23. The van der Waals surface area contributed by atoms with Crippen LogP contribution in [0, 0.1) is 11.8 Å². The summed E-state index contributed by atoms with van der Waals surface area (Å²) in [7, 11) is -3.54. The van der Waals surface area contributed by atoms with E-state index in [1.165, 1.54) is 6.20 Å². The van der Waals surface area contributed by atoms with Crippen LogP contribution < -0.4 is 0 Å². The summed E-state index contributed by atoms with van der Waals surface area (Å²) in [6, 6.07) is 3.23. The van der Waals surface area contributed by atoms with E-state index in [0.717, 1.165) is 38.8 Å². The number of likely N-dealkylation sites (tertiary alicyclic amines) is 1. The highest BCUT2D eigenvalue weighted by atomic mass is 32.2. The van der Waals surface area contributed by atoms with Gasteiger partial charge in [0, 0.05) is 38.6 Å². The molecule has 2 saturated heterocycles. The van der Waals surface area contributed by atoms with Crippen LogP contribution >= 0.6 is 0 Å². The van der Waals surface area contributed by atoms with Crippen LogP contribution in [-0.2, 0) is 10.0 Å². The number of carbonyl (C=O) groups is 1. The van der Waals surface area contributed by atoms with Crippen molar-refractivity contribution in [2.45, 2.75) is 44.4 Å². The van der Waals surface area contributed by atoms with Crippen molar-refractivity contribution in [2.75, 3.05) is 26.2 Å². The predicted octanol–water partition coefficient (Wildman–Crippen LogP) is 2.56. The Bertz CT molecular complexity index is 1000. The Morgan fingerprint density at radius 3 is 2.43 bits per heavy atom. The van der Waals surface area contributed by atoms with Crippen molar-refractivity contribution in [3.8, 4) is 5.82 Å². The molecule has 0 N–H and O–H groups in total. The lowest BCUT2D eigenvalue weighted by Gasteiger charge is -2.30. The Kier molecular flexibility index (Phi) is 5.92. The average molecular weight is 432 g/mol. The topological polar surface area (TPSA) is 88.4 Å². The van der Waals surface area contributed by atoms with Crippen molar-refractivity contribution >= 4 is 15.9 Å². The van der Waals surface area contributed by atoms with E-state index < -0.39 is 10.0 Å². The van der Waals surface area contributed by atoms with Crippen molar-refractivity contribution in [1.82, 2.24) is 23.7 Å². The highest BCUT2D eigenvalue weighted by Gasteiger charge is 2.29. The number of amides is 1. The minimum absolute atomic E-state index is 0.0706. The monoisotopic (exact) mass is 431 g/mol. The van der Waals surface area contributed by atoms with Crippen LogP contribution in [0.15, 0.2) is 35.7 Å². The van der Waals surface area contributed by atoms with Gasteiger partial charge in [0.1, 0.15) is 22.7 Å². The number of piperidine rings is 2. The van der Waals surface area contributed by atoms with Crippen molar-refractivity contribution in [3.05, 3.63) is 36.5 Å². The summed E-state index contributed by atoms with van der Waals surface area (Å²) < 4.78 is 29.0. The molecule has 162 valence electrons. The van der Waals surface area contributed by atoms with Gasteiger partial charge >= 0.3 is 0 Å². The number of hydrogen-bond acceptors (Lipinski definition) is 5. The molecular weight excluding hydrogens is 402 g/mol. The van der Waals surface area contributed by atoms with Gasteiger partial charge in [-0.05, 0) is 49.7 Å². The number of nitrogens with zero attached hydrogens (tertiary/aromatic N) is 5. The van der Waals surface area contributed by atoms with Crippen LogP contribution in [0.3, 0.4) is 0 Å². The van der Waals surface area contributed by atoms with Gasteiger partial charge in [0.05, 0.1) is 0 Å². The summed E-state index contributed by atoms with van der Waals surface area (Å²) >= 11 is 0. The standard InChI is InChI=1S/C21H29N5O3S/c1-16-5-3-9-24(12-16)21(27)19-14-25(15-23-19)20-8-7-18(11-22-20)30(28,29)26-10-4-6-17(2)13-26/h7-8,11,14-17H,3-6,9-10,12-13H2,1-2H3/t16-,17-/m1/s1. The van der Waals surface area contributed by atoms with E-state index in [1.807, 2.05) is 4.90 Å². The number of sulfonamides is 1. The molecule has 2 aromatic heterocycles. The fourth-order valence-electron chi connectivity index (χ4n) is 4.29. The van der Waals surface area contributed by atoms with E-state index in [4.69, 9.17) is 0 Å². The minimum Gasteiger partial charge on any atom is -0.337 e. The molecule has 30 heavy (non-hydrogen) atoms. The van der Waals surface area contributed by atoms with Crippen LogP contribution in [0.25, 0.3) is 5.82 Å². The third-order valence-electron chi connectivity index (χ3n) is 5.99. The largest absolute Gasteiger partial charge is 0.337 e. The molecule has 2 aliphatic rings. The van der Waals surface area contributed by atoms with Gasteiger partial charge in [-0.3, -0.25) is 9.36 Å². The zero-order valence-corrected chi connectivity index (χ0v) is 18.4. The maximum absolute atomic E-state index is 12.9. The summed E-state index contributed by atoms with van der Waals surface area (Å²) in [4.78, 5) is 23.3. The van der Waals surface area contributed by atoms with E-state index >= 15 is 0 Å². The Morgan fingerprint density at radius 2 is 1.77 bits per heavy atom. The van der Waals surface area contributed by atoms with Gasteiger partial charge in [-0.15, -0.1) is 0 Å². The molecular formula is C21H29N5O3S. The van der Waals surface area contributed by atoms with Crippen molar-refractivity contribution in [1.29, 1.82) is 0 Å². The van der Waals surface area contributed by atoms with Crippen molar-refractivity contribution < 1.29 is 13.2 Å². The molecule has 0 aromatic carbocycles. The van der Waals surface area contributed by atoms with Crippen LogP contribution in [0.1, 0.15) is 50.0 Å². The first-order chi connectivity index (χ1) is 14.3. The third-order valence-corrected chi connectivity index (χ3v) is 7.84. The summed E-state index contributed by atoms with van der Waals surface area (Å²) in [6.07, 6.45) is 8.69. The van der Waals surface area contributed by atoms with Gasteiger partial charge in [-0.2, -0.15) is 4.31 Å². The second kappa shape index (κ2) is 8.47. The van der Waals surface area contributed by atoms with Gasteiger partial charge in [-0.1, -0.05) is 13.8 Å². The number of rotatable bonds is 4. The lowest BCUT2D eigenvalue weighted by atomic mass is 10.0. The number of carbonyl (C=O) groups excluding carboxylic acids is 1. The first-order valence-electron chi connectivity index (χ1n) is 10.6. The molecule has 0 bridgehead atoms. The van der Waals surface area contributed by atoms with Gasteiger partial charge in [-0.25, -0.2) is 18.4 Å². The molecule has 8 nitrogen and oxygen atoms in total. The molecule has 0 saturated carbocycles. The number of pyridine rings is 1. The Hall–Kier alpha value is -2.26. The smallest absolute Gasteiger partial charge is 0.274 e. The molecule has 0 radical (unpaired) electrons. The van der Waals surface area contributed by atoms with E-state index in [-0.39, 0.29) is 10.8 Å². The molecule has 2 fully saturated rings. The zero-order valence-electron chi connectivity index (χ0n) is 17.6. The SMILES string of the molecule is C[C@@H]1CCCN(C(=O)c2cn(-c3ccc(S(=O)(=O)N4CCC[C@@H](C)C4)cn3)cn2)C1. The quantitative estimate of drug-likeness (QED) is 0.742. The molecule has 1 amide bonds. The van der Waals surface area contributed by atoms with E-state index in [1.54, 1.807) is 33.5 Å². The second-order valence-electron chi connectivity index (χ2n) is 8.63. The van der Waals surface area contributed by atoms with E-state index in [9.17, 15) is 13.2 Å². The third kappa shape index (κ3) is 4.27. The van der Waals surface area contributed by atoms with Gasteiger partial charge < -0.3 is 4.90 Å². The van der Waals surface area contributed by atoms with Gasteiger partial charge in [0.25, 0.3) is 5.91 Å². The first kappa shape index (κ1) is 21.0. The second-order valence-corrected chi connectivity index (χ2v) is 10.6. The summed E-state index contributed by atoms with van der Waals surface area (Å²) in [6.45, 7) is 6.85. The molecule has 2 aliphatic heterocycles. The maximum atomic E-state index is 12.9. The summed E-state index contributed by atoms with van der Waals surface area (Å²) in [5.41, 5.74) is 0.380. The molecule has 0 unspecified atom stereocenters. The Balaban J connectivity index is 1.49. The summed E-state index contributed by atoms with van der Waals surface area (Å²) in [5.74, 6) is 1.33. The fraction of sp³-hybridized carbons (Fsp3) is 0.571. The number of aromatic nitrogens is 3. The number of imidazole rings is 1. The molecule has 2 atom stereocenters. The summed E-state index contributed by atoms with van der Waals surface area (Å²) in [5, 5.41) is 0. The lowest BCUT2D eigenvalue weighted by Crippen LogP contribution is -2.39. The van der Waals surface area contributed by atoms with Crippen LogP contribution in [0.5, 0.6) is 0 Å². The van der Waals surface area contributed by atoms with Gasteiger partial charge in [0.2, 0.25) is 10.0 Å². The normalized spacial score (nSPS) is 23.5. The van der Waals surface area contributed by atoms with Crippen LogP contribution in [0.2, 0.25) is 0 Å². The molecule has 2 aromatic rings. The van der Waals surface area contributed by atoms with E-state index in [0.29, 0.717) is 36.4 Å². The van der Waals surface area contributed by atoms with Crippen LogP contribution in [-0.4, -0.2) is 64.2 Å². The fourth-order valence-corrected chi connectivity index (χ4v) is 5.83. The molecule has 0 spiro atoms. The Labute approximate surface area is 178 Å². The number of hydrogen-bond donors (Lipinski definition) is 0. The van der Waals surface area contributed by atoms with Gasteiger partial charge in [0.15, 0.2) is 0 Å². The average Bonchev–Trinajstić information content (AvgIpc) is 3.23. The Morgan fingerprint density at radius 1 is 1.03 bits per heavy atom. The molecule has 4 heterocycles. The molecule has 4 rings (SSSR count). The first-order valence-corrected chi connectivity index (χ1v) is 12.1. The van der Waals surface area contributed by atoms with Crippen molar-refractivity contribution in [3.63, 3.8) is 0 Å². The lowest BCUT2D eigenvalue weighted by molar-refractivity contribution is 0.0677. The molecule has 0 aliphatic carbocycles. The highest BCUT2D eigenvalue weighted by molar-refractivity contribution is 7.89. The maximum Gasteiger partial charge on any atom is 0.274 e. The predicted molar refractivity (Wildman–Crippen MR) is 113 cm³/mol. The van der Waals surface area contributed by atoms with Crippen LogP contribution in [0.4, 0.5) is 0 Å². The minimum atomic E-state index is -3.54. The van der Waals surface area contributed by atoms with Crippen molar-refractivity contribution in [2.24, 2.45) is 11.8 Å². The zero-order chi connectivity index (χ0) is 21.3. The molecule has 9 heteroatoms.